The lowest BCUT2D eigenvalue weighted by atomic mass is 10.1. The maximum atomic E-state index is 12.6. The highest BCUT2D eigenvalue weighted by molar-refractivity contribution is 5.94. The van der Waals surface area contributed by atoms with E-state index < -0.39 is 4.92 Å². The van der Waals surface area contributed by atoms with Gasteiger partial charge in [-0.15, -0.1) is 0 Å². The van der Waals surface area contributed by atoms with Crippen LogP contribution in [0.1, 0.15) is 45.5 Å². The van der Waals surface area contributed by atoms with Crippen molar-refractivity contribution in [2.45, 2.75) is 47.3 Å². The molecule has 152 valence electrons. The molecule has 9 nitrogen and oxygen atoms in total. The van der Waals surface area contributed by atoms with E-state index in [4.69, 9.17) is 0 Å². The molecule has 0 spiro atoms. The number of nitrogens with zero attached hydrogens (tertiary/aromatic N) is 5. The molecule has 3 rings (SSSR count). The molecule has 2 heterocycles. The van der Waals surface area contributed by atoms with Gasteiger partial charge >= 0.3 is 5.69 Å². The van der Waals surface area contributed by atoms with Crippen LogP contribution in [0.15, 0.2) is 30.5 Å². The Labute approximate surface area is 168 Å². The smallest absolute Gasteiger partial charge is 0.312 e. The summed E-state index contributed by atoms with van der Waals surface area (Å²) in [6, 6.07) is 7.18. The van der Waals surface area contributed by atoms with E-state index in [1.165, 1.54) is 0 Å². The molecule has 0 bridgehead atoms. The molecule has 0 radical (unpaired) electrons. The fraction of sp³-hybridized carbons (Fsp3) is 0.350. The van der Waals surface area contributed by atoms with Crippen LogP contribution in [0.2, 0.25) is 0 Å². The molecule has 1 amide bonds. The Morgan fingerprint density at radius 1 is 1.21 bits per heavy atom. The minimum atomic E-state index is -0.416. The van der Waals surface area contributed by atoms with Gasteiger partial charge in [-0.1, -0.05) is 12.1 Å². The predicted molar refractivity (Wildman–Crippen MR) is 108 cm³/mol. The minimum Gasteiger partial charge on any atom is -0.348 e. The lowest BCUT2D eigenvalue weighted by Crippen LogP contribution is -2.23. The Balaban J connectivity index is 1.72. The van der Waals surface area contributed by atoms with Crippen LogP contribution in [0.3, 0.4) is 0 Å². The van der Waals surface area contributed by atoms with E-state index in [1.807, 2.05) is 30.8 Å². The molecule has 0 aliphatic heterocycles. The summed E-state index contributed by atoms with van der Waals surface area (Å²) < 4.78 is 3.43. The summed E-state index contributed by atoms with van der Waals surface area (Å²) in [4.78, 5) is 23.3. The van der Waals surface area contributed by atoms with Gasteiger partial charge < -0.3 is 5.32 Å². The number of nitrogens with one attached hydrogen (secondary N) is 1. The zero-order valence-electron chi connectivity index (χ0n) is 17.0. The molecule has 0 saturated heterocycles. The van der Waals surface area contributed by atoms with Gasteiger partial charge in [0.1, 0.15) is 11.4 Å². The molecule has 29 heavy (non-hydrogen) atoms. The van der Waals surface area contributed by atoms with Crippen LogP contribution in [-0.4, -0.2) is 30.4 Å². The van der Waals surface area contributed by atoms with E-state index in [9.17, 15) is 14.9 Å². The molecule has 0 unspecified atom stereocenters. The number of carbonyl (C=O) groups is 1. The summed E-state index contributed by atoms with van der Waals surface area (Å²) in [5.74, 6) is -0.185. The number of hydrogen-bond acceptors (Lipinski definition) is 5. The van der Waals surface area contributed by atoms with E-state index >= 15 is 0 Å². The van der Waals surface area contributed by atoms with Gasteiger partial charge in [-0.05, 0) is 45.4 Å². The monoisotopic (exact) mass is 396 g/mol. The zero-order valence-corrected chi connectivity index (χ0v) is 17.0. The Morgan fingerprint density at radius 2 is 1.97 bits per heavy atom. The van der Waals surface area contributed by atoms with E-state index in [2.05, 4.69) is 15.5 Å². The van der Waals surface area contributed by atoms with Gasteiger partial charge in [0, 0.05) is 30.4 Å². The average molecular weight is 396 g/mol. The fourth-order valence-corrected chi connectivity index (χ4v) is 3.26. The number of aryl methyl sites for hydroxylation is 3. The third-order valence-corrected chi connectivity index (χ3v) is 4.86. The number of benzene rings is 1. The van der Waals surface area contributed by atoms with Crippen LogP contribution >= 0.6 is 0 Å². The zero-order chi connectivity index (χ0) is 21.1. The van der Waals surface area contributed by atoms with Crippen molar-refractivity contribution < 1.29 is 9.72 Å². The Bertz CT molecular complexity index is 1070. The summed E-state index contributed by atoms with van der Waals surface area (Å²) in [5, 5.41) is 22.7. The second-order valence-electron chi connectivity index (χ2n) is 6.91. The number of aromatic nitrogens is 4. The molecule has 1 N–H and O–H groups in total. The number of hydrogen-bond donors (Lipinski definition) is 1. The lowest BCUT2D eigenvalue weighted by Gasteiger charge is -2.08. The van der Waals surface area contributed by atoms with E-state index in [1.54, 1.807) is 36.7 Å². The Kier molecular flexibility index (Phi) is 5.76. The number of amides is 1. The molecule has 0 aliphatic carbocycles. The normalized spacial score (nSPS) is 10.9. The third kappa shape index (κ3) is 4.34. The maximum Gasteiger partial charge on any atom is 0.312 e. The largest absolute Gasteiger partial charge is 0.348 e. The van der Waals surface area contributed by atoms with Crippen LogP contribution in [0.5, 0.6) is 0 Å². The molecule has 3 aromatic rings. The summed E-state index contributed by atoms with van der Waals surface area (Å²) in [6.45, 7) is 8.76. The molecule has 9 heteroatoms. The van der Waals surface area contributed by atoms with Gasteiger partial charge in [0.25, 0.3) is 5.91 Å². The van der Waals surface area contributed by atoms with Crippen molar-refractivity contribution in [2.75, 3.05) is 0 Å². The van der Waals surface area contributed by atoms with Crippen molar-refractivity contribution in [3.8, 4) is 0 Å². The predicted octanol–water partition coefficient (Wildman–Crippen LogP) is 2.91. The molecule has 1 aromatic carbocycles. The SMILES string of the molecule is CCn1cc(CNC(=O)c2cccc(Cn3nc(C)c([N+](=O)[O-])c3C)c2)c(C)n1. The highest BCUT2D eigenvalue weighted by atomic mass is 16.6. The molecule has 2 aromatic heterocycles. The van der Waals surface area contributed by atoms with Crippen LogP contribution in [0.25, 0.3) is 0 Å². The fourth-order valence-electron chi connectivity index (χ4n) is 3.26. The summed E-state index contributed by atoms with van der Waals surface area (Å²) >= 11 is 0. The van der Waals surface area contributed by atoms with Crippen molar-refractivity contribution in [1.82, 2.24) is 24.9 Å². The first-order valence-electron chi connectivity index (χ1n) is 9.38. The maximum absolute atomic E-state index is 12.6. The molecule has 0 aliphatic rings. The van der Waals surface area contributed by atoms with Crippen LogP contribution < -0.4 is 5.32 Å². The molecular weight excluding hydrogens is 372 g/mol. The van der Waals surface area contributed by atoms with Crippen LogP contribution in [-0.2, 0) is 19.6 Å². The van der Waals surface area contributed by atoms with Gasteiger partial charge in [0.2, 0.25) is 0 Å². The van der Waals surface area contributed by atoms with Crippen molar-refractivity contribution >= 4 is 11.6 Å². The lowest BCUT2D eigenvalue weighted by molar-refractivity contribution is -0.386. The Morgan fingerprint density at radius 3 is 2.59 bits per heavy atom. The molecule has 0 fully saturated rings. The van der Waals surface area contributed by atoms with Gasteiger partial charge in [-0.2, -0.15) is 10.2 Å². The average Bonchev–Trinajstić information content (AvgIpc) is 3.18. The highest BCUT2D eigenvalue weighted by Crippen LogP contribution is 2.22. The van der Waals surface area contributed by atoms with Crippen LogP contribution in [0.4, 0.5) is 5.69 Å². The highest BCUT2D eigenvalue weighted by Gasteiger charge is 2.21. The first-order valence-corrected chi connectivity index (χ1v) is 9.38. The third-order valence-electron chi connectivity index (χ3n) is 4.86. The first kappa shape index (κ1) is 20.2. The molecular formula is C20H24N6O3. The Hall–Kier alpha value is -3.49. The minimum absolute atomic E-state index is 0.0295. The summed E-state index contributed by atoms with van der Waals surface area (Å²) in [5.41, 5.74) is 4.14. The summed E-state index contributed by atoms with van der Waals surface area (Å²) in [6.07, 6.45) is 1.93. The van der Waals surface area contributed by atoms with Gasteiger partial charge in [-0.3, -0.25) is 24.3 Å². The van der Waals surface area contributed by atoms with Gasteiger partial charge in [0.15, 0.2) is 0 Å². The number of nitro groups is 1. The summed E-state index contributed by atoms with van der Waals surface area (Å²) in [7, 11) is 0. The van der Waals surface area contributed by atoms with E-state index in [0.29, 0.717) is 30.0 Å². The first-order chi connectivity index (χ1) is 13.8. The standard InChI is InChI=1S/C20H24N6O3/c1-5-24-12-18(13(2)22-24)10-21-20(27)17-8-6-7-16(9-17)11-25-15(4)19(26(28)29)14(3)23-25/h6-9,12H,5,10-11H2,1-4H3,(H,21,27). The number of carbonyl (C=O) groups excluding carboxylic acids is 1. The van der Waals surface area contributed by atoms with Crippen molar-refractivity contribution in [1.29, 1.82) is 0 Å². The van der Waals surface area contributed by atoms with E-state index in [0.717, 1.165) is 23.4 Å². The van der Waals surface area contributed by atoms with E-state index in [-0.39, 0.29) is 11.6 Å². The van der Waals surface area contributed by atoms with Crippen molar-refractivity contribution in [3.05, 3.63) is 74.3 Å². The van der Waals surface area contributed by atoms with Crippen molar-refractivity contribution in [3.63, 3.8) is 0 Å². The number of rotatable bonds is 7. The quantitative estimate of drug-likeness (QED) is 0.488. The molecule has 0 saturated carbocycles. The van der Waals surface area contributed by atoms with Gasteiger partial charge in [-0.25, -0.2) is 0 Å². The van der Waals surface area contributed by atoms with Crippen molar-refractivity contribution in [2.24, 2.45) is 0 Å². The molecule has 0 atom stereocenters. The second kappa shape index (κ2) is 8.26. The topological polar surface area (TPSA) is 108 Å². The van der Waals surface area contributed by atoms with Crippen LogP contribution in [0, 0.1) is 30.9 Å². The second-order valence-corrected chi connectivity index (χ2v) is 6.91. The van der Waals surface area contributed by atoms with Gasteiger partial charge in [0.05, 0.1) is 17.2 Å².